The third-order valence-corrected chi connectivity index (χ3v) is 8.07. The van der Waals surface area contributed by atoms with E-state index >= 15 is 0 Å². The summed E-state index contributed by atoms with van der Waals surface area (Å²) >= 11 is 1.63. The van der Waals surface area contributed by atoms with E-state index in [4.69, 9.17) is 0 Å². The number of fused-ring (bicyclic) bond motifs is 2. The molecule has 1 N–H and O–H groups in total. The molecule has 0 saturated carbocycles. The molecular formula is C22H23NO3S2. The van der Waals surface area contributed by atoms with Crippen molar-refractivity contribution < 1.29 is 8.42 Å². The van der Waals surface area contributed by atoms with Gasteiger partial charge < -0.3 is 0 Å². The molecule has 1 heterocycles. The van der Waals surface area contributed by atoms with E-state index in [0.29, 0.717) is 17.0 Å². The Morgan fingerprint density at radius 3 is 2.75 bits per heavy atom. The minimum atomic E-state index is -3.67. The number of benzene rings is 2. The molecule has 4 nitrogen and oxygen atoms in total. The molecule has 146 valence electrons. The van der Waals surface area contributed by atoms with E-state index < -0.39 is 10.0 Å². The Hall–Kier alpha value is -2.18. The molecule has 0 aliphatic heterocycles. The molecular weight excluding hydrogens is 390 g/mol. The SMILES string of the molecule is CCC1CCc2c(sc3cc(NS(=O)(=O)c4cccc(C)c4)ccc3c2=O)C1. The van der Waals surface area contributed by atoms with E-state index in [1.165, 1.54) is 0 Å². The van der Waals surface area contributed by atoms with Gasteiger partial charge in [-0.15, -0.1) is 11.3 Å². The molecule has 0 radical (unpaired) electrons. The summed E-state index contributed by atoms with van der Waals surface area (Å²) in [6, 6.07) is 12.0. The van der Waals surface area contributed by atoms with Gasteiger partial charge in [0, 0.05) is 20.5 Å². The molecule has 2 aromatic carbocycles. The van der Waals surface area contributed by atoms with Crippen molar-refractivity contribution >= 4 is 37.1 Å². The summed E-state index contributed by atoms with van der Waals surface area (Å²) < 4.78 is 28.9. The zero-order valence-corrected chi connectivity index (χ0v) is 17.6. The lowest BCUT2D eigenvalue weighted by Crippen LogP contribution is -2.20. The summed E-state index contributed by atoms with van der Waals surface area (Å²) in [4.78, 5) is 14.3. The highest BCUT2D eigenvalue weighted by Gasteiger charge is 2.22. The van der Waals surface area contributed by atoms with Gasteiger partial charge in [0.05, 0.1) is 10.6 Å². The van der Waals surface area contributed by atoms with Crippen LogP contribution in [0.2, 0.25) is 0 Å². The molecule has 3 aromatic rings. The van der Waals surface area contributed by atoms with Crippen LogP contribution in [-0.4, -0.2) is 8.42 Å². The van der Waals surface area contributed by atoms with Crippen LogP contribution in [0.25, 0.3) is 10.1 Å². The zero-order valence-electron chi connectivity index (χ0n) is 16.0. The summed E-state index contributed by atoms with van der Waals surface area (Å²) in [5.41, 5.74) is 2.42. The van der Waals surface area contributed by atoms with Gasteiger partial charge in [-0.05, 0) is 68.0 Å². The Morgan fingerprint density at radius 2 is 2.00 bits per heavy atom. The fourth-order valence-electron chi connectivity index (χ4n) is 3.82. The third-order valence-electron chi connectivity index (χ3n) is 5.48. The Morgan fingerprint density at radius 1 is 1.18 bits per heavy atom. The van der Waals surface area contributed by atoms with Crippen LogP contribution in [0.15, 0.2) is 52.2 Å². The standard InChI is InChI=1S/C22H23NO3S2/c1-3-15-7-9-18-20(12-15)27-21-13-16(8-10-19(21)22(18)24)23-28(25,26)17-6-4-5-14(2)11-17/h4-6,8,10-11,13,15,23H,3,7,9,12H2,1-2H3. The molecule has 1 aliphatic carbocycles. The van der Waals surface area contributed by atoms with E-state index in [1.54, 1.807) is 47.7 Å². The lowest BCUT2D eigenvalue weighted by Gasteiger charge is -2.22. The number of anilines is 1. The van der Waals surface area contributed by atoms with E-state index in [2.05, 4.69) is 11.6 Å². The Balaban J connectivity index is 1.73. The highest BCUT2D eigenvalue weighted by Crippen LogP contribution is 2.33. The van der Waals surface area contributed by atoms with Gasteiger partial charge in [0.1, 0.15) is 0 Å². The van der Waals surface area contributed by atoms with E-state index in [1.807, 2.05) is 13.0 Å². The van der Waals surface area contributed by atoms with Crippen LogP contribution in [0, 0.1) is 12.8 Å². The van der Waals surface area contributed by atoms with Crippen molar-refractivity contribution in [2.24, 2.45) is 5.92 Å². The Bertz CT molecular complexity index is 1210. The predicted molar refractivity (Wildman–Crippen MR) is 116 cm³/mol. The van der Waals surface area contributed by atoms with Gasteiger partial charge >= 0.3 is 0 Å². The summed E-state index contributed by atoms with van der Waals surface area (Å²) in [6.45, 7) is 4.05. The maximum atomic E-state index is 12.9. The van der Waals surface area contributed by atoms with Gasteiger partial charge in [-0.1, -0.05) is 25.5 Å². The molecule has 0 saturated heterocycles. The number of hydrogen-bond donors (Lipinski definition) is 1. The monoisotopic (exact) mass is 413 g/mol. The second kappa shape index (κ2) is 7.33. The molecule has 0 bridgehead atoms. The lowest BCUT2D eigenvalue weighted by molar-refractivity contribution is 0.448. The van der Waals surface area contributed by atoms with Crippen molar-refractivity contribution in [2.45, 2.75) is 44.4 Å². The maximum absolute atomic E-state index is 12.9. The second-order valence-corrected chi connectivity index (χ2v) is 10.3. The van der Waals surface area contributed by atoms with E-state index in [9.17, 15) is 13.2 Å². The highest BCUT2D eigenvalue weighted by molar-refractivity contribution is 7.92. The van der Waals surface area contributed by atoms with Crippen LogP contribution in [-0.2, 0) is 22.9 Å². The molecule has 1 atom stereocenters. The fraction of sp³-hybridized carbons (Fsp3) is 0.318. The number of nitrogens with one attached hydrogen (secondary N) is 1. The molecule has 28 heavy (non-hydrogen) atoms. The smallest absolute Gasteiger partial charge is 0.261 e. The van der Waals surface area contributed by atoms with Crippen molar-refractivity contribution in [3.8, 4) is 0 Å². The van der Waals surface area contributed by atoms with Gasteiger partial charge in [-0.2, -0.15) is 0 Å². The van der Waals surface area contributed by atoms with Gasteiger partial charge in [0.2, 0.25) is 0 Å². The first-order valence-electron chi connectivity index (χ1n) is 9.55. The minimum Gasteiger partial charge on any atom is -0.289 e. The van der Waals surface area contributed by atoms with Crippen LogP contribution in [0.5, 0.6) is 0 Å². The van der Waals surface area contributed by atoms with Crippen LogP contribution in [0.1, 0.15) is 35.8 Å². The van der Waals surface area contributed by atoms with Crippen molar-refractivity contribution in [2.75, 3.05) is 4.72 Å². The largest absolute Gasteiger partial charge is 0.289 e. The normalized spacial score (nSPS) is 16.7. The topological polar surface area (TPSA) is 63.2 Å². The molecule has 1 aliphatic rings. The first-order valence-corrected chi connectivity index (χ1v) is 11.9. The van der Waals surface area contributed by atoms with Crippen LogP contribution in [0.4, 0.5) is 5.69 Å². The number of rotatable bonds is 4. The first-order chi connectivity index (χ1) is 13.4. The number of hydrogen-bond acceptors (Lipinski definition) is 4. The molecule has 1 unspecified atom stereocenters. The van der Waals surface area contributed by atoms with Gasteiger partial charge in [-0.25, -0.2) is 8.42 Å². The van der Waals surface area contributed by atoms with Crippen molar-refractivity contribution in [3.63, 3.8) is 0 Å². The Labute approximate surface area is 169 Å². The molecule has 1 aromatic heterocycles. The summed E-state index contributed by atoms with van der Waals surface area (Å²) in [5.74, 6) is 0.628. The average Bonchev–Trinajstić information content (AvgIpc) is 2.67. The van der Waals surface area contributed by atoms with Crippen LogP contribution >= 0.6 is 11.3 Å². The van der Waals surface area contributed by atoms with Crippen molar-refractivity contribution in [3.05, 3.63) is 68.7 Å². The van der Waals surface area contributed by atoms with Crippen LogP contribution < -0.4 is 10.2 Å². The van der Waals surface area contributed by atoms with Crippen molar-refractivity contribution in [1.82, 2.24) is 0 Å². The summed E-state index contributed by atoms with van der Waals surface area (Å²) in [6.07, 6.45) is 3.99. The molecule has 4 rings (SSSR count). The minimum absolute atomic E-state index is 0.103. The molecule has 0 amide bonds. The van der Waals surface area contributed by atoms with Gasteiger partial charge in [0.15, 0.2) is 5.43 Å². The molecule has 6 heteroatoms. The maximum Gasteiger partial charge on any atom is 0.261 e. The van der Waals surface area contributed by atoms with Gasteiger partial charge in [0.25, 0.3) is 10.0 Å². The summed E-state index contributed by atoms with van der Waals surface area (Å²) in [7, 11) is -3.67. The zero-order chi connectivity index (χ0) is 19.9. The molecule has 0 spiro atoms. The fourth-order valence-corrected chi connectivity index (χ4v) is 6.33. The summed E-state index contributed by atoms with van der Waals surface area (Å²) in [5, 5.41) is 0.678. The van der Waals surface area contributed by atoms with E-state index in [-0.39, 0.29) is 10.3 Å². The number of sulfonamides is 1. The van der Waals surface area contributed by atoms with Crippen LogP contribution in [0.3, 0.4) is 0 Å². The average molecular weight is 414 g/mol. The lowest BCUT2D eigenvalue weighted by atomic mass is 9.87. The van der Waals surface area contributed by atoms with Crippen molar-refractivity contribution in [1.29, 1.82) is 0 Å². The molecule has 0 fully saturated rings. The predicted octanol–water partition coefficient (Wildman–Crippen LogP) is 4.89. The second-order valence-electron chi connectivity index (χ2n) is 7.48. The third kappa shape index (κ3) is 3.59. The quantitative estimate of drug-likeness (QED) is 0.663. The van der Waals surface area contributed by atoms with Gasteiger partial charge in [-0.3, -0.25) is 9.52 Å². The highest BCUT2D eigenvalue weighted by atomic mass is 32.2. The van der Waals surface area contributed by atoms with E-state index in [0.717, 1.165) is 46.4 Å². The Kier molecular flexibility index (Phi) is 5.02. The first kappa shape index (κ1) is 19.2. The number of aryl methyl sites for hydroxylation is 1.